The van der Waals surface area contributed by atoms with E-state index in [2.05, 4.69) is 15.2 Å². The second-order valence-corrected chi connectivity index (χ2v) is 5.64. The van der Waals surface area contributed by atoms with Gasteiger partial charge in [-0.25, -0.2) is 9.37 Å². The fourth-order valence-electron chi connectivity index (χ4n) is 2.57. The highest BCUT2D eigenvalue weighted by Crippen LogP contribution is 2.32. The maximum absolute atomic E-state index is 13.7. The number of nitrogens with zero attached hydrogens (tertiary/aromatic N) is 4. The molecule has 0 aliphatic rings. The number of imidazole rings is 1. The highest BCUT2D eigenvalue weighted by atomic mass is 19.1. The van der Waals surface area contributed by atoms with E-state index in [-0.39, 0.29) is 5.78 Å². The zero-order chi connectivity index (χ0) is 18.1. The quantitative estimate of drug-likeness (QED) is 0.368. The second-order valence-electron chi connectivity index (χ2n) is 5.64. The molecule has 0 saturated carbocycles. The van der Waals surface area contributed by atoms with Gasteiger partial charge in [-0.05, 0) is 43.3 Å². The number of Topliss-reactive ketones (excluding diaryl/α,β-unsaturated/α-hetero) is 1. The van der Waals surface area contributed by atoms with Crippen molar-refractivity contribution in [2.75, 3.05) is 0 Å². The molecule has 0 N–H and O–H groups in total. The van der Waals surface area contributed by atoms with Crippen LogP contribution >= 0.6 is 0 Å². The Hall–Kier alpha value is -3.61. The average molecular weight is 348 g/mol. The summed E-state index contributed by atoms with van der Waals surface area (Å²) in [5, 5.41) is 8.44. The van der Waals surface area contributed by atoms with Gasteiger partial charge in [0.05, 0.1) is 12.0 Å². The minimum Gasteiger partial charge on any atom is -0.463 e. The molecular formula is C19H13FN4O2. The van der Waals surface area contributed by atoms with Gasteiger partial charge in [-0.1, -0.05) is 12.1 Å². The molecule has 0 atom stereocenters. The molecule has 0 unspecified atom stereocenters. The van der Waals surface area contributed by atoms with Crippen molar-refractivity contribution >= 4 is 22.9 Å². The van der Waals surface area contributed by atoms with Gasteiger partial charge in [-0.2, -0.15) is 0 Å². The number of rotatable bonds is 4. The van der Waals surface area contributed by atoms with Gasteiger partial charge >= 0.3 is 0 Å². The predicted molar refractivity (Wildman–Crippen MR) is 93.5 cm³/mol. The zero-order valence-electron chi connectivity index (χ0n) is 13.8. The molecular weight excluding hydrogens is 335 g/mol. The predicted octanol–water partition coefficient (Wildman–Crippen LogP) is 5.35. The molecule has 0 fully saturated rings. The number of aromatic nitrogens is 2. The van der Waals surface area contributed by atoms with Crippen molar-refractivity contribution in [3.8, 4) is 11.5 Å². The Morgan fingerprint density at radius 2 is 2.04 bits per heavy atom. The van der Waals surface area contributed by atoms with Gasteiger partial charge in [0.15, 0.2) is 23.1 Å². The number of hydrogen-bond donors (Lipinski definition) is 0. The summed E-state index contributed by atoms with van der Waals surface area (Å²) in [7, 11) is 0. The highest BCUT2D eigenvalue weighted by Gasteiger charge is 2.16. The molecule has 1 aromatic carbocycles. The monoisotopic (exact) mass is 348 g/mol. The van der Waals surface area contributed by atoms with Crippen LogP contribution in [0.15, 0.2) is 75.6 Å². The van der Waals surface area contributed by atoms with Crippen LogP contribution in [0.3, 0.4) is 0 Å². The Bertz CT molecular complexity index is 1130. The lowest BCUT2D eigenvalue weighted by Gasteiger charge is -1.99. The topological polar surface area (TPSA) is 72.2 Å². The number of ketones is 1. The highest BCUT2D eigenvalue weighted by molar-refractivity contribution is 5.94. The molecule has 0 bridgehead atoms. The van der Waals surface area contributed by atoms with Crippen LogP contribution in [-0.4, -0.2) is 15.2 Å². The molecule has 0 aliphatic heterocycles. The normalized spacial score (nSPS) is 11.5. The van der Waals surface area contributed by atoms with E-state index in [1.165, 1.54) is 29.9 Å². The standard InChI is InChI=1S/C19H13FN4O2/c1-12(25)13-4-2-5-15(10-13)22-23-19-18(16-6-3-9-26-16)21-17-8-7-14(20)11-24(17)19/h2-11H,1H3. The molecule has 0 aliphatic carbocycles. The number of azo groups is 1. The summed E-state index contributed by atoms with van der Waals surface area (Å²) in [4.78, 5) is 16.0. The fraction of sp³-hybridized carbons (Fsp3) is 0.0526. The number of benzene rings is 1. The minimum absolute atomic E-state index is 0.0600. The maximum Gasteiger partial charge on any atom is 0.190 e. The van der Waals surface area contributed by atoms with Crippen molar-refractivity contribution < 1.29 is 13.6 Å². The van der Waals surface area contributed by atoms with E-state index < -0.39 is 5.82 Å². The molecule has 0 amide bonds. The number of fused-ring (bicyclic) bond motifs is 1. The smallest absolute Gasteiger partial charge is 0.190 e. The van der Waals surface area contributed by atoms with E-state index in [1.54, 1.807) is 42.5 Å². The number of carbonyl (C=O) groups is 1. The van der Waals surface area contributed by atoms with E-state index in [1.807, 2.05) is 0 Å². The van der Waals surface area contributed by atoms with Crippen LogP contribution in [0.2, 0.25) is 0 Å². The van der Waals surface area contributed by atoms with Gasteiger partial charge in [0.2, 0.25) is 0 Å². The van der Waals surface area contributed by atoms with Crippen molar-refractivity contribution in [2.24, 2.45) is 10.2 Å². The molecule has 3 aromatic heterocycles. The van der Waals surface area contributed by atoms with Crippen molar-refractivity contribution in [3.05, 3.63) is 72.4 Å². The van der Waals surface area contributed by atoms with E-state index >= 15 is 0 Å². The first-order valence-electron chi connectivity index (χ1n) is 7.86. The third kappa shape index (κ3) is 2.90. The maximum atomic E-state index is 13.7. The first kappa shape index (κ1) is 15.9. The van der Waals surface area contributed by atoms with Gasteiger partial charge < -0.3 is 4.42 Å². The molecule has 128 valence electrons. The summed E-state index contributed by atoms with van der Waals surface area (Å²) >= 11 is 0. The average Bonchev–Trinajstić information content (AvgIpc) is 3.27. The lowest BCUT2D eigenvalue weighted by molar-refractivity contribution is 0.101. The molecule has 0 radical (unpaired) electrons. The SMILES string of the molecule is CC(=O)c1cccc(N=Nc2c(-c3ccco3)nc3ccc(F)cn23)c1. The van der Waals surface area contributed by atoms with E-state index in [0.29, 0.717) is 34.2 Å². The molecule has 6 nitrogen and oxygen atoms in total. The van der Waals surface area contributed by atoms with E-state index in [4.69, 9.17) is 4.42 Å². The summed E-state index contributed by atoms with van der Waals surface area (Å²) in [5.41, 5.74) is 2.02. The summed E-state index contributed by atoms with van der Waals surface area (Å²) in [6, 6.07) is 13.2. The van der Waals surface area contributed by atoms with Gasteiger partial charge in [0, 0.05) is 11.8 Å². The molecule has 0 spiro atoms. The molecule has 26 heavy (non-hydrogen) atoms. The number of hydrogen-bond acceptors (Lipinski definition) is 5. The summed E-state index contributed by atoms with van der Waals surface area (Å²) in [5.74, 6) is 0.356. The van der Waals surface area contributed by atoms with Gasteiger partial charge in [-0.15, -0.1) is 10.2 Å². The van der Waals surface area contributed by atoms with E-state index in [9.17, 15) is 9.18 Å². The van der Waals surface area contributed by atoms with Crippen LogP contribution in [0.5, 0.6) is 0 Å². The lowest BCUT2D eigenvalue weighted by atomic mass is 10.1. The molecule has 7 heteroatoms. The number of carbonyl (C=O) groups excluding carboxylic acids is 1. The summed E-state index contributed by atoms with van der Waals surface area (Å²) < 4.78 is 20.6. The number of pyridine rings is 1. The zero-order valence-corrected chi connectivity index (χ0v) is 13.8. The Kier molecular flexibility index (Phi) is 3.89. The van der Waals surface area contributed by atoms with Gasteiger partial charge in [0.25, 0.3) is 0 Å². The van der Waals surface area contributed by atoms with Crippen molar-refractivity contribution in [3.63, 3.8) is 0 Å². The first-order valence-corrected chi connectivity index (χ1v) is 7.86. The van der Waals surface area contributed by atoms with Crippen LogP contribution in [0.25, 0.3) is 17.1 Å². The third-order valence-electron chi connectivity index (χ3n) is 3.82. The third-order valence-corrected chi connectivity index (χ3v) is 3.82. The Morgan fingerprint density at radius 3 is 2.81 bits per heavy atom. The summed E-state index contributed by atoms with van der Waals surface area (Å²) in [6.45, 7) is 1.48. The van der Waals surface area contributed by atoms with E-state index in [0.717, 1.165) is 0 Å². The van der Waals surface area contributed by atoms with Gasteiger partial charge in [-0.3, -0.25) is 9.20 Å². The van der Waals surface area contributed by atoms with Crippen LogP contribution in [0.4, 0.5) is 15.9 Å². The summed E-state index contributed by atoms with van der Waals surface area (Å²) in [6.07, 6.45) is 2.81. The Labute approximate surface area is 147 Å². The number of furan rings is 1. The van der Waals surface area contributed by atoms with Crippen molar-refractivity contribution in [2.45, 2.75) is 6.92 Å². The van der Waals surface area contributed by atoms with Crippen LogP contribution < -0.4 is 0 Å². The van der Waals surface area contributed by atoms with Crippen molar-refractivity contribution in [1.29, 1.82) is 0 Å². The Morgan fingerprint density at radius 1 is 1.15 bits per heavy atom. The number of halogens is 1. The fourth-order valence-corrected chi connectivity index (χ4v) is 2.57. The molecule has 3 heterocycles. The lowest BCUT2D eigenvalue weighted by Crippen LogP contribution is -1.89. The Balaban J connectivity index is 1.84. The van der Waals surface area contributed by atoms with Gasteiger partial charge in [0.1, 0.15) is 11.5 Å². The minimum atomic E-state index is -0.420. The van der Waals surface area contributed by atoms with Crippen molar-refractivity contribution in [1.82, 2.24) is 9.38 Å². The first-order chi connectivity index (χ1) is 12.6. The van der Waals surface area contributed by atoms with Crippen LogP contribution in [-0.2, 0) is 0 Å². The largest absolute Gasteiger partial charge is 0.463 e. The van der Waals surface area contributed by atoms with Crippen LogP contribution in [0, 0.1) is 5.82 Å². The molecule has 0 saturated heterocycles. The second kappa shape index (κ2) is 6.36. The molecule has 4 aromatic rings. The molecule has 4 rings (SSSR count). The van der Waals surface area contributed by atoms with Crippen LogP contribution in [0.1, 0.15) is 17.3 Å².